The van der Waals surface area contributed by atoms with Gasteiger partial charge in [0.2, 0.25) is 5.96 Å². The number of hydrogen-bond donors (Lipinski definition) is 2. The molecular formula is C21H36BrN5. The number of guanidine groups is 1. The van der Waals surface area contributed by atoms with E-state index >= 15 is 0 Å². The molecule has 0 amide bonds. The Balaban J connectivity index is 0.00000364. The minimum Gasteiger partial charge on any atom is -0.351 e. The summed E-state index contributed by atoms with van der Waals surface area (Å²) in [5, 5.41) is 5.31. The summed E-state index contributed by atoms with van der Waals surface area (Å²) in [5.41, 5.74) is 5.11. The van der Waals surface area contributed by atoms with E-state index in [1.54, 1.807) is 0 Å². The highest BCUT2D eigenvalue weighted by Crippen LogP contribution is 2.28. The van der Waals surface area contributed by atoms with Crippen LogP contribution in [-0.2, 0) is 6.54 Å². The maximum absolute atomic E-state index is 4.47. The summed E-state index contributed by atoms with van der Waals surface area (Å²) in [5.74, 6) is 0.839. The van der Waals surface area contributed by atoms with Gasteiger partial charge in [-0.25, -0.2) is 15.4 Å². The first kappa shape index (κ1) is 23.6. The Morgan fingerprint density at radius 1 is 1.07 bits per heavy atom. The number of hydrogen-bond acceptors (Lipinski definition) is 5. The van der Waals surface area contributed by atoms with E-state index in [0.29, 0.717) is 12.1 Å². The van der Waals surface area contributed by atoms with Crippen LogP contribution in [0.1, 0.15) is 64.9 Å². The fourth-order valence-electron chi connectivity index (χ4n) is 3.14. The van der Waals surface area contributed by atoms with Gasteiger partial charge in [-0.15, -0.1) is 17.0 Å². The van der Waals surface area contributed by atoms with Gasteiger partial charge >= 0.3 is 0 Å². The minimum absolute atomic E-state index is 0. The Morgan fingerprint density at radius 3 is 2.56 bits per heavy atom. The molecule has 1 aliphatic rings. The summed E-state index contributed by atoms with van der Waals surface area (Å²) in [6.45, 7) is 9.21. The van der Waals surface area contributed by atoms with E-state index in [1.807, 2.05) is 17.4 Å². The van der Waals surface area contributed by atoms with Crippen LogP contribution in [0.3, 0.4) is 0 Å². The molecule has 0 radical (unpaired) electrons. The first-order valence-corrected chi connectivity index (χ1v) is 9.96. The Labute approximate surface area is 175 Å². The molecule has 1 aromatic carbocycles. The van der Waals surface area contributed by atoms with Gasteiger partial charge in [0.15, 0.2) is 0 Å². The van der Waals surface area contributed by atoms with Crippen molar-refractivity contribution in [1.82, 2.24) is 15.8 Å². The van der Waals surface area contributed by atoms with Crippen LogP contribution in [0.5, 0.6) is 0 Å². The van der Waals surface area contributed by atoms with Crippen LogP contribution in [0, 0.1) is 5.41 Å². The van der Waals surface area contributed by atoms with Crippen LogP contribution in [0.4, 0.5) is 0 Å². The first-order chi connectivity index (χ1) is 12.6. The van der Waals surface area contributed by atoms with E-state index in [4.69, 9.17) is 0 Å². The van der Waals surface area contributed by atoms with E-state index in [-0.39, 0.29) is 17.0 Å². The van der Waals surface area contributed by atoms with E-state index in [9.17, 15) is 0 Å². The van der Waals surface area contributed by atoms with Gasteiger partial charge in [-0.1, -0.05) is 70.4 Å². The monoisotopic (exact) mass is 437 g/mol. The van der Waals surface area contributed by atoms with Crippen LogP contribution in [0.15, 0.2) is 40.3 Å². The van der Waals surface area contributed by atoms with Crippen molar-refractivity contribution >= 4 is 29.3 Å². The molecule has 27 heavy (non-hydrogen) atoms. The maximum Gasteiger partial charge on any atom is 0.216 e. The second-order valence-electron chi connectivity index (χ2n) is 7.76. The zero-order chi connectivity index (χ0) is 18.7. The lowest BCUT2D eigenvalue weighted by Gasteiger charge is -2.27. The van der Waals surface area contributed by atoms with Crippen molar-refractivity contribution in [2.45, 2.75) is 65.8 Å². The second-order valence-corrected chi connectivity index (χ2v) is 7.76. The zero-order valence-electron chi connectivity index (χ0n) is 17.1. The SMILES string of the molecule is Br.CCCCCC(C)(C)CCCNN1C=NCN=C1NCc1ccccc1. The van der Waals surface area contributed by atoms with E-state index in [2.05, 4.69) is 65.8 Å². The Morgan fingerprint density at radius 2 is 1.81 bits per heavy atom. The van der Waals surface area contributed by atoms with Gasteiger partial charge in [0.25, 0.3) is 0 Å². The van der Waals surface area contributed by atoms with Crippen molar-refractivity contribution in [2.24, 2.45) is 15.4 Å². The van der Waals surface area contributed by atoms with Crippen LogP contribution in [0.25, 0.3) is 0 Å². The average molecular weight is 438 g/mol. The minimum atomic E-state index is 0. The van der Waals surface area contributed by atoms with Gasteiger partial charge in [0.05, 0.1) is 0 Å². The van der Waals surface area contributed by atoms with Crippen molar-refractivity contribution in [3.8, 4) is 0 Å². The van der Waals surface area contributed by atoms with E-state index in [0.717, 1.165) is 25.5 Å². The largest absolute Gasteiger partial charge is 0.351 e. The molecule has 1 aromatic rings. The third kappa shape index (κ3) is 9.38. The number of nitrogens with one attached hydrogen (secondary N) is 2. The molecule has 0 aromatic heterocycles. The van der Waals surface area contributed by atoms with Gasteiger partial charge in [0, 0.05) is 13.1 Å². The molecule has 0 saturated carbocycles. The maximum atomic E-state index is 4.47. The van der Waals surface area contributed by atoms with Crippen molar-refractivity contribution in [3.63, 3.8) is 0 Å². The number of aliphatic imine (C=N–C) groups is 2. The molecular weight excluding hydrogens is 402 g/mol. The number of hydrazine groups is 1. The highest BCUT2D eigenvalue weighted by molar-refractivity contribution is 8.93. The smallest absolute Gasteiger partial charge is 0.216 e. The molecule has 5 nitrogen and oxygen atoms in total. The molecule has 1 aliphatic heterocycles. The molecule has 0 aliphatic carbocycles. The summed E-state index contributed by atoms with van der Waals surface area (Å²) in [6.07, 6.45) is 9.51. The standard InChI is InChI=1S/C21H35N5.BrH/c1-4-5-9-13-21(2,3)14-10-15-25-26-18-22-17-24-20(26)23-16-19-11-7-6-8-12-19;/h6-8,11-12,18,25H,4-5,9-10,13-17H2,1-3H3,(H,23,24);1H. The summed E-state index contributed by atoms with van der Waals surface area (Å²) in [4.78, 5) is 8.73. The van der Waals surface area contributed by atoms with Crippen molar-refractivity contribution < 1.29 is 0 Å². The normalized spacial score (nSPS) is 13.9. The summed E-state index contributed by atoms with van der Waals surface area (Å²) < 4.78 is 0. The van der Waals surface area contributed by atoms with Gasteiger partial charge < -0.3 is 5.32 Å². The summed E-state index contributed by atoms with van der Waals surface area (Å²) in [7, 11) is 0. The second kappa shape index (κ2) is 12.9. The molecule has 0 saturated heterocycles. The number of halogens is 1. The van der Waals surface area contributed by atoms with Gasteiger partial charge in [-0.05, 0) is 30.2 Å². The molecule has 0 atom stereocenters. The predicted octanol–water partition coefficient (Wildman–Crippen LogP) is 4.90. The van der Waals surface area contributed by atoms with Crippen LogP contribution in [0.2, 0.25) is 0 Å². The molecule has 6 heteroatoms. The molecule has 0 unspecified atom stereocenters. The number of rotatable bonds is 11. The Bertz CT molecular complexity index is 571. The average Bonchev–Trinajstić information content (AvgIpc) is 2.65. The molecule has 0 spiro atoms. The molecule has 1 heterocycles. The van der Waals surface area contributed by atoms with E-state index < -0.39 is 0 Å². The highest BCUT2D eigenvalue weighted by atomic mass is 79.9. The van der Waals surface area contributed by atoms with Crippen LogP contribution >= 0.6 is 17.0 Å². The van der Waals surface area contributed by atoms with Crippen molar-refractivity contribution in [2.75, 3.05) is 13.2 Å². The Hall–Kier alpha value is -1.40. The van der Waals surface area contributed by atoms with Crippen LogP contribution in [-0.4, -0.2) is 30.5 Å². The predicted molar refractivity (Wildman–Crippen MR) is 121 cm³/mol. The Kier molecular flexibility index (Phi) is 11.3. The van der Waals surface area contributed by atoms with Crippen LogP contribution < -0.4 is 10.7 Å². The van der Waals surface area contributed by atoms with E-state index in [1.165, 1.54) is 37.7 Å². The number of nitrogens with zero attached hydrogens (tertiary/aromatic N) is 3. The van der Waals surface area contributed by atoms with Crippen molar-refractivity contribution in [3.05, 3.63) is 35.9 Å². The molecule has 0 fully saturated rings. The lowest BCUT2D eigenvalue weighted by Crippen LogP contribution is -2.50. The lowest BCUT2D eigenvalue weighted by atomic mass is 9.82. The van der Waals surface area contributed by atoms with Gasteiger partial charge in [-0.3, -0.25) is 4.99 Å². The highest BCUT2D eigenvalue weighted by Gasteiger charge is 2.17. The third-order valence-corrected chi connectivity index (χ3v) is 4.79. The fourth-order valence-corrected chi connectivity index (χ4v) is 3.14. The summed E-state index contributed by atoms with van der Waals surface area (Å²) >= 11 is 0. The number of unbranched alkanes of at least 4 members (excludes halogenated alkanes) is 2. The van der Waals surface area contributed by atoms with Gasteiger partial charge in [0.1, 0.15) is 13.0 Å². The first-order valence-electron chi connectivity index (χ1n) is 9.96. The third-order valence-electron chi connectivity index (χ3n) is 4.79. The molecule has 0 bridgehead atoms. The molecule has 152 valence electrons. The zero-order valence-corrected chi connectivity index (χ0v) is 18.8. The molecule has 2 rings (SSSR count). The molecule has 2 N–H and O–H groups in total. The number of benzene rings is 1. The quantitative estimate of drug-likeness (QED) is 0.483. The van der Waals surface area contributed by atoms with Gasteiger partial charge in [-0.2, -0.15) is 0 Å². The van der Waals surface area contributed by atoms with Crippen molar-refractivity contribution in [1.29, 1.82) is 0 Å². The topological polar surface area (TPSA) is 52.0 Å². The lowest BCUT2D eigenvalue weighted by molar-refractivity contribution is 0.278. The fraction of sp³-hybridized carbons (Fsp3) is 0.619. The summed E-state index contributed by atoms with van der Waals surface area (Å²) in [6, 6.07) is 10.4.